The van der Waals surface area contributed by atoms with Crippen LogP contribution in [0.4, 0.5) is 0 Å². The van der Waals surface area contributed by atoms with E-state index < -0.39 is 10.0 Å². The quantitative estimate of drug-likeness (QED) is 0.445. The second-order valence-corrected chi connectivity index (χ2v) is 10.7. The predicted molar refractivity (Wildman–Crippen MR) is 139 cm³/mol. The van der Waals surface area contributed by atoms with Gasteiger partial charge in [0.15, 0.2) is 11.5 Å². The highest BCUT2D eigenvalue weighted by atomic mass is 32.2. The van der Waals surface area contributed by atoms with E-state index in [0.29, 0.717) is 17.9 Å². The number of methoxy groups -OCH3 is 2. The molecule has 1 aliphatic rings. The van der Waals surface area contributed by atoms with Crippen LogP contribution in [0, 0.1) is 0 Å². The third kappa shape index (κ3) is 5.88. The molecule has 0 saturated heterocycles. The first-order valence-corrected chi connectivity index (χ1v) is 13.5. The summed E-state index contributed by atoms with van der Waals surface area (Å²) in [6.45, 7) is -0.114. The molecule has 0 spiro atoms. The number of benzene rings is 3. The number of fused-ring (bicyclic) bond motifs is 1. The Morgan fingerprint density at radius 2 is 1.69 bits per heavy atom. The average molecular weight is 509 g/mol. The lowest BCUT2D eigenvalue weighted by Crippen LogP contribution is -2.43. The summed E-state index contributed by atoms with van der Waals surface area (Å²) >= 11 is 0. The first-order valence-electron chi connectivity index (χ1n) is 12.1. The number of hydrogen-bond acceptors (Lipinski definition) is 5. The van der Waals surface area contributed by atoms with Crippen LogP contribution in [-0.4, -0.2) is 45.9 Å². The summed E-state index contributed by atoms with van der Waals surface area (Å²) in [6.07, 6.45) is 3.27. The first-order chi connectivity index (χ1) is 17.4. The van der Waals surface area contributed by atoms with Gasteiger partial charge < -0.3 is 14.8 Å². The largest absolute Gasteiger partial charge is 0.493 e. The fraction of sp³-hybridized carbons (Fsp3) is 0.321. The van der Waals surface area contributed by atoms with Crippen molar-refractivity contribution in [3.63, 3.8) is 0 Å². The van der Waals surface area contributed by atoms with Gasteiger partial charge in [0.05, 0.1) is 31.7 Å². The summed E-state index contributed by atoms with van der Waals surface area (Å²) in [5.74, 6) is 0.416. The van der Waals surface area contributed by atoms with Gasteiger partial charge in [0.1, 0.15) is 0 Å². The van der Waals surface area contributed by atoms with Gasteiger partial charge in [0.2, 0.25) is 15.9 Å². The van der Waals surface area contributed by atoms with Crippen LogP contribution in [-0.2, 0) is 27.7 Å². The lowest BCUT2D eigenvalue weighted by Gasteiger charge is -2.28. The van der Waals surface area contributed by atoms with E-state index in [-0.39, 0.29) is 29.9 Å². The van der Waals surface area contributed by atoms with Gasteiger partial charge in [-0.05, 0) is 54.5 Å². The number of nitrogens with zero attached hydrogens (tertiary/aromatic N) is 1. The minimum Gasteiger partial charge on any atom is -0.493 e. The maximum absolute atomic E-state index is 13.7. The zero-order chi connectivity index (χ0) is 25.5. The molecule has 7 nitrogen and oxygen atoms in total. The highest BCUT2D eigenvalue weighted by Gasteiger charge is 2.29. The van der Waals surface area contributed by atoms with Crippen molar-refractivity contribution in [2.24, 2.45) is 0 Å². The van der Waals surface area contributed by atoms with Crippen LogP contribution in [0.3, 0.4) is 0 Å². The Bertz CT molecular complexity index is 1290. The molecule has 36 heavy (non-hydrogen) atoms. The molecule has 1 atom stereocenters. The van der Waals surface area contributed by atoms with E-state index in [2.05, 4.69) is 11.4 Å². The van der Waals surface area contributed by atoms with Crippen LogP contribution >= 0.6 is 0 Å². The van der Waals surface area contributed by atoms with Gasteiger partial charge in [0.25, 0.3) is 0 Å². The number of aryl methyl sites for hydroxylation is 1. The number of hydrogen-bond donors (Lipinski definition) is 1. The van der Waals surface area contributed by atoms with Crippen LogP contribution in [0.5, 0.6) is 11.5 Å². The van der Waals surface area contributed by atoms with Crippen molar-refractivity contribution in [1.82, 2.24) is 9.62 Å². The standard InChI is InChI=1S/C28H32N2O5S/c1-34-26-16-15-23(19-27(26)35-2)36(32,33)30(18-17-21-9-4-3-5-10-21)20-28(31)29-25-14-8-12-22-11-6-7-13-24(22)25/h3-7,9-11,13,15-16,19,25H,8,12,14,17-18,20H2,1-2H3,(H,29,31). The second-order valence-electron chi connectivity index (χ2n) is 8.80. The summed E-state index contributed by atoms with van der Waals surface area (Å²) in [5, 5.41) is 3.08. The van der Waals surface area contributed by atoms with Crippen molar-refractivity contribution >= 4 is 15.9 Å². The Morgan fingerprint density at radius 3 is 2.44 bits per heavy atom. The molecule has 0 heterocycles. The van der Waals surface area contributed by atoms with Crippen LogP contribution in [0.15, 0.2) is 77.7 Å². The number of carbonyl (C=O) groups excluding carboxylic acids is 1. The molecule has 0 aliphatic heterocycles. The minimum absolute atomic E-state index is 0.0454. The van der Waals surface area contributed by atoms with E-state index in [9.17, 15) is 13.2 Å². The fourth-order valence-corrected chi connectivity index (χ4v) is 6.03. The molecular weight excluding hydrogens is 476 g/mol. The summed E-state index contributed by atoms with van der Waals surface area (Å²) in [6, 6.07) is 22.1. The van der Waals surface area contributed by atoms with Gasteiger partial charge in [-0.3, -0.25) is 4.79 Å². The maximum atomic E-state index is 13.7. The van der Waals surface area contributed by atoms with E-state index in [0.717, 1.165) is 30.4 Å². The van der Waals surface area contributed by atoms with E-state index in [1.54, 1.807) is 6.07 Å². The SMILES string of the molecule is COc1ccc(S(=O)(=O)N(CCc2ccccc2)CC(=O)NC2CCCc3ccccc32)cc1OC. The van der Waals surface area contributed by atoms with Crippen LogP contribution in [0.25, 0.3) is 0 Å². The fourth-order valence-electron chi connectivity index (χ4n) is 4.61. The lowest BCUT2D eigenvalue weighted by molar-refractivity contribution is -0.122. The number of nitrogens with one attached hydrogen (secondary N) is 1. The number of sulfonamides is 1. The number of ether oxygens (including phenoxy) is 2. The van der Waals surface area contributed by atoms with E-state index >= 15 is 0 Å². The van der Waals surface area contributed by atoms with Crippen molar-refractivity contribution in [3.05, 3.63) is 89.5 Å². The molecule has 0 saturated carbocycles. The van der Waals surface area contributed by atoms with Gasteiger partial charge in [-0.2, -0.15) is 4.31 Å². The van der Waals surface area contributed by atoms with Crippen LogP contribution < -0.4 is 14.8 Å². The van der Waals surface area contributed by atoms with Crippen molar-refractivity contribution in [2.45, 2.75) is 36.6 Å². The third-order valence-corrected chi connectivity index (χ3v) is 8.35. The highest BCUT2D eigenvalue weighted by molar-refractivity contribution is 7.89. The summed E-state index contributed by atoms with van der Waals surface area (Å²) < 4.78 is 39.2. The maximum Gasteiger partial charge on any atom is 0.243 e. The Hall–Kier alpha value is -3.36. The monoisotopic (exact) mass is 508 g/mol. The first kappa shape index (κ1) is 25.7. The summed E-state index contributed by atoms with van der Waals surface area (Å²) in [4.78, 5) is 13.2. The summed E-state index contributed by atoms with van der Waals surface area (Å²) in [5.41, 5.74) is 3.33. The normalized spacial score (nSPS) is 15.2. The number of amides is 1. The van der Waals surface area contributed by atoms with Gasteiger partial charge in [0, 0.05) is 12.6 Å². The Labute approximate surface area is 213 Å². The number of carbonyl (C=O) groups is 1. The Balaban J connectivity index is 1.57. The number of rotatable bonds is 10. The Morgan fingerprint density at radius 1 is 0.972 bits per heavy atom. The molecule has 0 fully saturated rings. The molecule has 0 aromatic heterocycles. The zero-order valence-corrected chi connectivity index (χ0v) is 21.5. The molecule has 0 bridgehead atoms. The molecule has 190 valence electrons. The Kier molecular flexibility index (Phi) is 8.28. The van der Waals surface area contributed by atoms with Crippen molar-refractivity contribution in [2.75, 3.05) is 27.3 Å². The molecule has 0 radical (unpaired) electrons. The van der Waals surface area contributed by atoms with E-state index in [1.807, 2.05) is 48.5 Å². The molecule has 1 N–H and O–H groups in total. The second kappa shape index (κ2) is 11.6. The summed E-state index contributed by atoms with van der Waals surface area (Å²) in [7, 11) is -1.04. The van der Waals surface area contributed by atoms with Gasteiger partial charge >= 0.3 is 0 Å². The van der Waals surface area contributed by atoms with Crippen LogP contribution in [0.1, 0.15) is 35.6 Å². The topological polar surface area (TPSA) is 84.9 Å². The van der Waals surface area contributed by atoms with Gasteiger partial charge in [-0.1, -0.05) is 54.6 Å². The minimum atomic E-state index is -3.99. The van der Waals surface area contributed by atoms with Gasteiger partial charge in [-0.15, -0.1) is 0 Å². The van der Waals surface area contributed by atoms with Crippen molar-refractivity contribution in [3.8, 4) is 11.5 Å². The van der Waals surface area contributed by atoms with Crippen molar-refractivity contribution < 1.29 is 22.7 Å². The smallest absolute Gasteiger partial charge is 0.243 e. The van der Waals surface area contributed by atoms with Crippen molar-refractivity contribution in [1.29, 1.82) is 0 Å². The molecular formula is C28H32N2O5S. The highest BCUT2D eigenvalue weighted by Crippen LogP contribution is 2.31. The van der Waals surface area contributed by atoms with Crippen LogP contribution in [0.2, 0.25) is 0 Å². The average Bonchev–Trinajstić information content (AvgIpc) is 2.91. The van der Waals surface area contributed by atoms with E-state index in [1.165, 1.54) is 36.2 Å². The molecule has 8 heteroatoms. The molecule has 1 amide bonds. The third-order valence-electron chi connectivity index (χ3n) is 6.51. The van der Waals surface area contributed by atoms with E-state index in [4.69, 9.17) is 9.47 Å². The lowest BCUT2D eigenvalue weighted by atomic mass is 9.88. The molecule has 3 aromatic rings. The predicted octanol–water partition coefficient (Wildman–Crippen LogP) is 4.13. The molecule has 1 unspecified atom stereocenters. The molecule has 1 aliphatic carbocycles. The zero-order valence-electron chi connectivity index (χ0n) is 20.6. The molecule has 4 rings (SSSR count). The molecule has 3 aromatic carbocycles. The van der Waals surface area contributed by atoms with Gasteiger partial charge in [-0.25, -0.2) is 8.42 Å².